The van der Waals surface area contributed by atoms with E-state index in [0.717, 1.165) is 5.56 Å². The lowest BCUT2D eigenvalue weighted by molar-refractivity contribution is 0.102. The summed E-state index contributed by atoms with van der Waals surface area (Å²) in [5.74, 6) is -0.922. The van der Waals surface area contributed by atoms with Gasteiger partial charge in [-0.2, -0.15) is 0 Å². The van der Waals surface area contributed by atoms with E-state index in [0.29, 0.717) is 10.7 Å². The van der Waals surface area contributed by atoms with Gasteiger partial charge in [0.2, 0.25) is 11.7 Å². The van der Waals surface area contributed by atoms with E-state index in [1.807, 2.05) is 19.9 Å². The monoisotopic (exact) mass is 346 g/mol. The fourth-order valence-corrected chi connectivity index (χ4v) is 2.83. The van der Waals surface area contributed by atoms with Gasteiger partial charge in [-0.3, -0.25) is 19.0 Å². The van der Waals surface area contributed by atoms with Gasteiger partial charge in [0, 0.05) is 12.4 Å². The van der Waals surface area contributed by atoms with Gasteiger partial charge in [0.05, 0.1) is 10.7 Å². The van der Waals surface area contributed by atoms with Gasteiger partial charge in [0.15, 0.2) is 5.56 Å². The van der Waals surface area contributed by atoms with Crippen LogP contribution < -0.4 is 10.9 Å². The number of imidazole rings is 1. The molecule has 0 saturated heterocycles. The maximum Gasteiger partial charge on any atom is 0.269 e. The fourth-order valence-electron chi connectivity index (χ4n) is 2.43. The van der Waals surface area contributed by atoms with E-state index >= 15 is 0 Å². The lowest BCUT2D eigenvalue weighted by Gasteiger charge is -2.13. The number of H-pyrrole nitrogens is 1. The second-order valence-corrected chi connectivity index (χ2v) is 5.97. The molecule has 0 atom stereocenters. The van der Waals surface area contributed by atoms with Gasteiger partial charge in [-0.25, -0.2) is 4.98 Å². The molecule has 0 saturated carbocycles. The average Bonchev–Trinajstić information content (AvgIpc) is 2.97. The molecule has 0 bridgehead atoms. The number of aromatic nitrogens is 3. The minimum atomic E-state index is -0.757. The van der Waals surface area contributed by atoms with Crippen LogP contribution in [0, 0.1) is 0 Å². The van der Waals surface area contributed by atoms with Crippen LogP contribution >= 0.6 is 11.6 Å². The summed E-state index contributed by atoms with van der Waals surface area (Å²) >= 11 is 6.31. The number of halogens is 1. The molecular formula is C16H15ClN4O3. The van der Waals surface area contributed by atoms with E-state index in [4.69, 9.17) is 11.6 Å². The third-order valence-corrected chi connectivity index (χ3v) is 4.09. The molecule has 0 spiro atoms. The van der Waals surface area contributed by atoms with Crippen LogP contribution in [0.2, 0.25) is 5.02 Å². The molecule has 8 heteroatoms. The lowest BCUT2D eigenvalue weighted by Crippen LogP contribution is -2.25. The second-order valence-electron chi connectivity index (χ2n) is 5.59. The Morgan fingerprint density at radius 1 is 1.42 bits per heavy atom. The number of aromatic hydroxyl groups is 1. The van der Waals surface area contributed by atoms with Crippen molar-refractivity contribution in [2.24, 2.45) is 0 Å². The van der Waals surface area contributed by atoms with Crippen LogP contribution in [-0.4, -0.2) is 25.4 Å². The number of nitrogens with zero attached hydrogens (tertiary/aromatic N) is 2. The van der Waals surface area contributed by atoms with E-state index in [2.05, 4.69) is 15.3 Å². The van der Waals surface area contributed by atoms with E-state index in [1.165, 1.54) is 16.8 Å². The molecule has 2 aromatic heterocycles. The molecule has 1 amide bonds. The first kappa shape index (κ1) is 16.1. The Labute approximate surface area is 141 Å². The third-order valence-electron chi connectivity index (χ3n) is 3.67. The predicted octanol–water partition coefficient (Wildman–Crippen LogP) is 2.76. The van der Waals surface area contributed by atoms with Crippen LogP contribution in [-0.2, 0) is 0 Å². The van der Waals surface area contributed by atoms with Crippen LogP contribution in [0.3, 0.4) is 0 Å². The fraction of sp³-hybridized carbons (Fsp3) is 0.188. The molecule has 0 radical (unpaired) electrons. The molecule has 0 aliphatic heterocycles. The smallest absolute Gasteiger partial charge is 0.269 e. The highest BCUT2D eigenvalue weighted by atomic mass is 35.5. The molecule has 2 heterocycles. The highest BCUT2D eigenvalue weighted by molar-refractivity contribution is 6.34. The molecule has 7 nitrogen and oxygen atoms in total. The van der Waals surface area contributed by atoms with Gasteiger partial charge >= 0.3 is 0 Å². The minimum absolute atomic E-state index is 0.147. The molecule has 3 aromatic rings. The van der Waals surface area contributed by atoms with Crippen LogP contribution in [0.4, 0.5) is 5.69 Å². The van der Waals surface area contributed by atoms with Crippen molar-refractivity contribution in [3.05, 3.63) is 57.1 Å². The number of fused-ring (bicyclic) bond motifs is 1. The topological polar surface area (TPSA) is 99.5 Å². The van der Waals surface area contributed by atoms with Crippen molar-refractivity contribution < 1.29 is 9.90 Å². The number of anilines is 1. The zero-order valence-electron chi connectivity index (χ0n) is 13.0. The van der Waals surface area contributed by atoms with Crippen LogP contribution in [0.1, 0.15) is 35.7 Å². The van der Waals surface area contributed by atoms with Gasteiger partial charge in [-0.05, 0) is 17.5 Å². The molecule has 0 unspecified atom stereocenters. The maximum atomic E-state index is 12.5. The van der Waals surface area contributed by atoms with Crippen LogP contribution in [0.25, 0.3) is 5.78 Å². The van der Waals surface area contributed by atoms with Crippen LogP contribution in [0.5, 0.6) is 5.88 Å². The summed E-state index contributed by atoms with van der Waals surface area (Å²) < 4.78 is 1.21. The minimum Gasteiger partial charge on any atom is -0.493 e. The summed E-state index contributed by atoms with van der Waals surface area (Å²) in [7, 11) is 0. The zero-order chi connectivity index (χ0) is 17.4. The highest BCUT2D eigenvalue weighted by Gasteiger charge is 2.21. The molecule has 0 fully saturated rings. The normalized spacial score (nSPS) is 11.2. The second kappa shape index (κ2) is 6.01. The Morgan fingerprint density at radius 3 is 2.88 bits per heavy atom. The Balaban J connectivity index is 2.03. The number of hydrogen-bond donors (Lipinski definition) is 3. The Bertz CT molecular complexity index is 991. The van der Waals surface area contributed by atoms with E-state index in [9.17, 15) is 14.7 Å². The van der Waals surface area contributed by atoms with E-state index in [-0.39, 0.29) is 11.7 Å². The predicted molar refractivity (Wildman–Crippen MR) is 91.0 cm³/mol. The summed E-state index contributed by atoms with van der Waals surface area (Å²) in [6, 6.07) is 5.26. The number of benzene rings is 1. The molecule has 0 aliphatic carbocycles. The van der Waals surface area contributed by atoms with Crippen molar-refractivity contribution >= 4 is 29.0 Å². The highest BCUT2D eigenvalue weighted by Crippen LogP contribution is 2.31. The summed E-state index contributed by atoms with van der Waals surface area (Å²) in [6.07, 6.45) is 2.83. The van der Waals surface area contributed by atoms with E-state index in [1.54, 1.807) is 12.1 Å². The molecule has 3 N–H and O–H groups in total. The summed E-state index contributed by atoms with van der Waals surface area (Å²) in [5.41, 5.74) is 0.0985. The Kier molecular flexibility index (Phi) is 4.02. The third kappa shape index (κ3) is 2.63. The van der Waals surface area contributed by atoms with Crippen molar-refractivity contribution in [2.75, 3.05) is 5.32 Å². The number of amides is 1. The first-order chi connectivity index (χ1) is 11.4. The summed E-state index contributed by atoms with van der Waals surface area (Å²) in [4.78, 5) is 30.8. The standard InChI is InChI=1S/C16H15ClN4O3/c1-8(2)9-4-3-5-10(12(9)17)19-13(22)11-14(23)20-16-18-6-7-21(16)15(11)24/h3-8,24H,1-2H3,(H,19,22)(H,18,20,23). The van der Waals surface area contributed by atoms with Crippen molar-refractivity contribution in [3.8, 4) is 5.88 Å². The number of nitrogens with one attached hydrogen (secondary N) is 2. The van der Waals surface area contributed by atoms with Gasteiger partial charge in [-0.1, -0.05) is 37.6 Å². The van der Waals surface area contributed by atoms with Gasteiger partial charge in [0.1, 0.15) is 0 Å². The molecule has 124 valence electrons. The number of carbonyl (C=O) groups excluding carboxylic acids is 1. The number of carbonyl (C=O) groups is 1. The molecule has 1 aromatic carbocycles. The summed E-state index contributed by atoms with van der Waals surface area (Å²) in [5, 5.41) is 13.2. The largest absolute Gasteiger partial charge is 0.493 e. The average molecular weight is 347 g/mol. The first-order valence-electron chi connectivity index (χ1n) is 7.28. The number of rotatable bonds is 3. The van der Waals surface area contributed by atoms with Crippen molar-refractivity contribution in [1.29, 1.82) is 0 Å². The first-order valence-corrected chi connectivity index (χ1v) is 7.66. The number of hydrogen-bond acceptors (Lipinski definition) is 4. The quantitative estimate of drug-likeness (QED) is 0.679. The van der Waals surface area contributed by atoms with Crippen molar-refractivity contribution in [3.63, 3.8) is 0 Å². The molecule has 3 rings (SSSR count). The van der Waals surface area contributed by atoms with Gasteiger partial charge in [-0.15, -0.1) is 0 Å². The maximum absolute atomic E-state index is 12.5. The van der Waals surface area contributed by atoms with Crippen molar-refractivity contribution in [2.45, 2.75) is 19.8 Å². The molecular weight excluding hydrogens is 332 g/mol. The summed E-state index contributed by atoms with van der Waals surface area (Å²) in [6.45, 7) is 3.96. The zero-order valence-corrected chi connectivity index (χ0v) is 13.8. The van der Waals surface area contributed by atoms with Crippen molar-refractivity contribution in [1.82, 2.24) is 14.4 Å². The van der Waals surface area contributed by atoms with Gasteiger partial charge in [0.25, 0.3) is 11.5 Å². The Morgan fingerprint density at radius 2 is 2.17 bits per heavy atom. The van der Waals surface area contributed by atoms with E-state index < -0.39 is 22.9 Å². The van der Waals surface area contributed by atoms with Crippen LogP contribution in [0.15, 0.2) is 35.4 Å². The SMILES string of the molecule is CC(C)c1cccc(NC(=O)c2c(O)n3ccnc3[nH]c2=O)c1Cl. The lowest BCUT2D eigenvalue weighted by atomic mass is 10.0. The number of aromatic amines is 1. The van der Waals surface area contributed by atoms with Gasteiger partial charge < -0.3 is 10.4 Å². The molecule has 0 aliphatic rings. The molecule has 24 heavy (non-hydrogen) atoms. The Hall–Kier alpha value is -2.80.